The molecule has 1 atom stereocenters. The Morgan fingerprint density at radius 2 is 2.05 bits per heavy atom. The first-order chi connectivity index (χ1) is 10.8. The monoisotopic (exact) mass is 295 g/mol. The maximum absolute atomic E-state index is 4.25. The van der Waals surface area contributed by atoms with Gasteiger partial charge in [-0.05, 0) is 23.6 Å². The van der Waals surface area contributed by atoms with Crippen molar-refractivity contribution in [1.82, 2.24) is 25.3 Å². The van der Waals surface area contributed by atoms with E-state index < -0.39 is 0 Å². The summed E-state index contributed by atoms with van der Waals surface area (Å²) in [5.74, 6) is 0. The maximum atomic E-state index is 4.25. The molecule has 0 bridgehead atoms. The van der Waals surface area contributed by atoms with Gasteiger partial charge in [-0.3, -0.25) is 9.78 Å². The van der Waals surface area contributed by atoms with Gasteiger partial charge in [-0.25, -0.2) is 0 Å². The molecular formula is C17H21N5. The first-order valence-corrected chi connectivity index (χ1v) is 7.57. The highest BCUT2D eigenvalue weighted by Gasteiger charge is 2.10. The lowest BCUT2D eigenvalue weighted by molar-refractivity contribution is 0.518. The van der Waals surface area contributed by atoms with Crippen molar-refractivity contribution in [3.8, 4) is 11.3 Å². The molecule has 2 heterocycles. The Morgan fingerprint density at radius 3 is 2.64 bits per heavy atom. The molecule has 0 saturated carbocycles. The van der Waals surface area contributed by atoms with Crippen LogP contribution in [0.15, 0.2) is 48.9 Å². The summed E-state index contributed by atoms with van der Waals surface area (Å²) < 4.78 is 1.85. The Morgan fingerprint density at radius 1 is 1.23 bits per heavy atom. The summed E-state index contributed by atoms with van der Waals surface area (Å²) in [7, 11) is 1.95. The zero-order valence-corrected chi connectivity index (χ0v) is 13.0. The number of nitrogens with one attached hydrogen (secondary N) is 2. The minimum Gasteiger partial charge on any atom is -0.306 e. The van der Waals surface area contributed by atoms with Crippen LogP contribution in [0.2, 0.25) is 0 Å². The van der Waals surface area contributed by atoms with Crippen molar-refractivity contribution in [2.45, 2.75) is 25.9 Å². The number of H-pyrrole nitrogens is 1. The first-order valence-electron chi connectivity index (χ1n) is 7.57. The van der Waals surface area contributed by atoms with E-state index >= 15 is 0 Å². The maximum Gasteiger partial charge on any atom is 0.0650 e. The van der Waals surface area contributed by atoms with E-state index in [1.165, 1.54) is 11.1 Å². The molecule has 2 N–H and O–H groups in total. The second-order valence-corrected chi connectivity index (χ2v) is 5.46. The van der Waals surface area contributed by atoms with E-state index in [4.69, 9.17) is 0 Å². The summed E-state index contributed by atoms with van der Waals surface area (Å²) >= 11 is 0. The molecule has 1 unspecified atom stereocenters. The number of aromatic amines is 1. The predicted molar refractivity (Wildman–Crippen MR) is 87.1 cm³/mol. The topological polar surface area (TPSA) is 58.5 Å². The molecule has 114 valence electrons. The van der Waals surface area contributed by atoms with E-state index in [1.807, 2.05) is 24.0 Å². The van der Waals surface area contributed by atoms with Crippen molar-refractivity contribution in [3.63, 3.8) is 0 Å². The fraction of sp³-hybridized carbons (Fsp3) is 0.294. The van der Waals surface area contributed by atoms with Gasteiger partial charge in [0.25, 0.3) is 0 Å². The number of aromatic nitrogens is 4. The third-order valence-corrected chi connectivity index (χ3v) is 3.85. The number of rotatable bonds is 6. The fourth-order valence-electron chi connectivity index (χ4n) is 2.58. The molecule has 0 aliphatic rings. The van der Waals surface area contributed by atoms with Crippen molar-refractivity contribution in [1.29, 1.82) is 0 Å². The third-order valence-electron chi connectivity index (χ3n) is 3.85. The molecular weight excluding hydrogens is 274 g/mol. The summed E-state index contributed by atoms with van der Waals surface area (Å²) in [5, 5.41) is 14.8. The van der Waals surface area contributed by atoms with Gasteiger partial charge in [0.2, 0.25) is 0 Å². The molecule has 0 radical (unpaired) electrons. The van der Waals surface area contributed by atoms with Gasteiger partial charge in [-0.15, -0.1) is 0 Å². The summed E-state index contributed by atoms with van der Waals surface area (Å²) in [6.07, 6.45) is 6.81. The van der Waals surface area contributed by atoms with Gasteiger partial charge >= 0.3 is 0 Å². The summed E-state index contributed by atoms with van der Waals surface area (Å²) in [6.45, 7) is 3.03. The van der Waals surface area contributed by atoms with Crippen LogP contribution in [0.25, 0.3) is 11.3 Å². The van der Waals surface area contributed by atoms with Gasteiger partial charge in [0, 0.05) is 37.6 Å². The van der Waals surface area contributed by atoms with E-state index in [9.17, 15) is 0 Å². The van der Waals surface area contributed by atoms with Crippen LogP contribution in [0.1, 0.15) is 30.5 Å². The minimum absolute atomic E-state index is 0.334. The van der Waals surface area contributed by atoms with Gasteiger partial charge in [-0.2, -0.15) is 10.2 Å². The van der Waals surface area contributed by atoms with Gasteiger partial charge in [0.15, 0.2) is 0 Å². The molecule has 5 heteroatoms. The molecule has 2 aromatic heterocycles. The largest absolute Gasteiger partial charge is 0.306 e. The number of benzene rings is 1. The first kappa shape index (κ1) is 14.5. The van der Waals surface area contributed by atoms with E-state index in [0.29, 0.717) is 6.04 Å². The van der Waals surface area contributed by atoms with Crippen LogP contribution in [0, 0.1) is 0 Å². The quantitative estimate of drug-likeness (QED) is 0.735. The fourth-order valence-corrected chi connectivity index (χ4v) is 2.58. The lowest BCUT2D eigenvalue weighted by Gasteiger charge is -2.15. The van der Waals surface area contributed by atoms with Crippen LogP contribution < -0.4 is 5.32 Å². The highest BCUT2D eigenvalue weighted by atomic mass is 15.2. The van der Waals surface area contributed by atoms with Gasteiger partial charge in [-0.1, -0.05) is 31.2 Å². The van der Waals surface area contributed by atoms with Crippen molar-refractivity contribution < 1.29 is 0 Å². The number of nitrogens with zero attached hydrogens (tertiary/aromatic N) is 3. The SMILES string of the molecule is CCC(NCc1ccc(-c2ccn[nH]2)cc1)c1cnn(C)c1. The second kappa shape index (κ2) is 6.58. The zero-order chi connectivity index (χ0) is 15.4. The Kier molecular flexibility index (Phi) is 4.34. The van der Waals surface area contributed by atoms with Crippen LogP contribution in [-0.2, 0) is 13.6 Å². The molecule has 0 saturated heterocycles. The number of aryl methyl sites for hydroxylation is 1. The Hall–Kier alpha value is -2.40. The van der Waals surface area contributed by atoms with Crippen LogP contribution in [0.5, 0.6) is 0 Å². The molecule has 0 aliphatic carbocycles. The zero-order valence-electron chi connectivity index (χ0n) is 13.0. The van der Waals surface area contributed by atoms with Crippen LogP contribution >= 0.6 is 0 Å². The highest BCUT2D eigenvalue weighted by Crippen LogP contribution is 2.19. The van der Waals surface area contributed by atoms with Crippen LogP contribution in [-0.4, -0.2) is 20.0 Å². The van der Waals surface area contributed by atoms with Crippen LogP contribution in [0.3, 0.4) is 0 Å². The number of hydrogen-bond acceptors (Lipinski definition) is 3. The summed E-state index contributed by atoms with van der Waals surface area (Å²) in [6, 6.07) is 10.9. The van der Waals surface area contributed by atoms with Crippen molar-refractivity contribution in [2.75, 3.05) is 0 Å². The Balaban J connectivity index is 1.63. The second-order valence-electron chi connectivity index (χ2n) is 5.46. The summed E-state index contributed by atoms with van der Waals surface area (Å²) in [4.78, 5) is 0. The van der Waals surface area contributed by atoms with Gasteiger partial charge < -0.3 is 5.32 Å². The normalized spacial score (nSPS) is 12.5. The Bertz CT molecular complexity index is 697. The summed E-state index contributed by atoms with van der Waals surface area (Å²) in [5.41, 5.74) is 4.70. The lowest BCUT2D eigenvalue weighted by Crippen LogP contribution is -2.19. The average molecular weight is 295 g/mol. The minimum atomic E-state index is 0.334. The van der Waals surface area contributed by atoms with E-state index in [1.54, 1.807) is 6.20 Å². The highest BCUT2D eigenvalue weighted by molar-refractivity contribution is 5.58. The van der Waals surface area contributed by atoms with Gasteiger partial charge in [0.1, 0.15) is 0 Å². The molecule has 0 amide bonds. The predicted octanol–water partition coefficient (Wildman–Crippen LogP) is 3.05. The lowest BCUT2D eigenvalue weighted by atomic mass is 10.1. The van der Waals surface area contributed by atoms with E-state index in [-0.39, 0.29) is 0 Å². The standard InChI is InChI=1S/C17H21N5/c1-3-16(15-11-20-22(2)12-15)18-10-13-4-6-14(7-5-13)17-8-9-19-21-17/h4-9,11-12,16,18H,3,10H2,1-2H3,(H,19,21). The molecule has 0 fully saturated rings. The molecule has 0 aliphatic heterocycles. The molecule has 1 aromatic carbocycles. The molecule has 22 heavy (non-hydrogen) atoms. The van der Waals surface area contributed by atoms with Crippen molar-refractivity contribution in [2.24, 2.45) is 7.05 Å². The van der Waals surface area contributed by atoms with E-state index in [0.717, 1.165) is 24.2 Å². The molecule has 3 rings (SSSR count). The molecule has 5 nitrogen and oxygen atoms in total. The third kappa shape index (κ3) is 3.26. The van der Waals surface area contributed by atoms with Gasteiger partial charge in [0.05, 0.1) is 11.9 Å². The van der Waals surface area contributed by atoms with Crippen LogP contribution in [0.4, 0.5) is 0 Å². The smallest absolute Gasteiger partial charge is 0.0650 e. The van der Waals surface area contributed by atoms with E-state index in [2.05, 4.69) is 58.0 Å². The Labute approximate surface area is 130 Å². The molecule has 3 aromatic rings. The van der Waals surface area contributed by atoms with Crippen molar-refractivity contribution >= 4 is 0 Å². The molecule has 0 spiro atoms. The average Bonchev–Trinajstić information content (AvgIpc) is 3.20. The number of hydrogen-bond donors (Lipinski definition) is 2. The van der Waals surface area contributed by atoms with Crippen molar-refractivity contribution in [3.05, 3.63) is 60.0 Å².